The van der Waals surface area contributed by atoms with Gasteiger partial charge in [-0.15, -0.1) is 0 Å². The maximum Gasteiger partial charge on any atom is 0.119 e. The van der Waals surface area contributed by atoms with Gasteiger partial charge in [0.1, 0.15) is 12.4 Å². The maximum atomic E-state index is 6.21. The highest BCUT2D eigenvalue weighted by Crippen LogP contribution is 2.22. The van der Waals surface area contributed by atoms with Crippen molar-refractivity contribution in [2.45, 2.75) is 19.9 Å². The molecule has 20 heavy (non-hydrogen) atoms. The number of likely N-dealkylation sites (N-methyl/N-ethyl adjacent to an activating group) is 1. The highest BCUT2D eigenvalue weighted by Gasteiger charge is 2.12. The fraction of sp³-hybridized carbons (Fsp3) is 0.294. The molecule has 1 N–H and O–H groups in total. The summed E-state index contributed by atoms with van der Waals surface area (Å²) in [6.07, 6.45) is 0. The average Bonchev–Trinajstić information content (AvgIpc) is 2.47. The third kappa shape index (κ3) is 3.99. The lowest BCUT2D eigenvalue weighted by atomic mass is 10.1. The molecule has 0 saturated heterocycles. The molecule has 0 radical (unpaired) electrons. The van der Waals surface area contributed by atoms with E-state index < -0.39 is 0 Å². The van der Waals surface area contributed by atoms with Crippen LogP contribution in [0.1, 0.15) is 24.1 Å². The van der Waals surface area contributed by atoms with Crippen LogP contribution in [0.2, 0.25) is 5.02 Å². The average molecular weight is 290 g/mol. The molecule has 0 bridgehead atoms. The van der Waals surface area contributed by atoms with E-state index in [1.54, 1.807) is 0 Å². The molecule has 1 unspecified atom stereocenters. The van der Waals surface area contributed by atoms with Crippen molar-refractivity contribution >= 4 is 11.6 Å². The van der Waals surface area contributed by atoms with Crippen molar-refractivity contribution in [3.8, 4) is 5.75 Å². The minimum Gasteiger partial charge on any atom is -0.492 e. The van der Waals surface area contributed by atoms with Crippen LogP contribution in [-0.4, -0.2) is 13.2 Å². The summed E-state index contributed by atoms with van der Waals surface area (Å²) in [7, 11) is 0. The van der Waals surface area contributed by atoms with Gasteiger partial charge in [-0.3, -0.25) is 0 Å². The van der Waals surface area contributed by atoms with Crippen LogP contribution < -0.4 is 10.1 Å². The van der Waals surface area contributed by atoms with E-state index in [1.807, 2.05) is 49.4 Å². The fourth-order valence-electron chi connectivity index (χ4n) is 2.04. The molecule has 0 heterocycles. The summed E-state index contributed by atoms with van der Waals surface area (Å²) in [5.41, 5.74) is 2.24. The first-order valence-corrected chi connectivity index (χ1v) is 7.25. The van der Waals surface area contributed by atoms with Crippen molar-refractivity contribution in [2.75, 3.05) is 13.2 Å². The fourth-order valence-corrected chi connectivity index (χ4v) is 2.23. The number of para-hydroxylation sites is 1. The van der Waals surface area contributed by atoms with Crippen molar-refractivity contribution in [3.05, 3.63) is 64.7 Å². The largest absolute Gasteiger partial charge is 0.492 e. The van der Waals surface area contributed by atoms with Crippen LogP contribution in [0.3, 0.4) is 0 Å². The first-order valence-electron chi connectivity index (χ1n) is 6.88. The second-order valence-corrected chi connectivity index (χ2v) is 5.15. The van der Waals surface area contributed by atoms with Crippen LogP contribution >= 0.6 is 11.6 Å². The first-order chi connectivity index (χ1) is 9.70. The van der Waals surface area contributed by atoms with E-state index in [9.17, 15) is 0 Å². The topological polar surface area (TPSA) is 21.3 Å². The van der Waals surface area contributed by atoms with Gasteiger partial charge in [0.15, 0.2) is 0 Å². The molecule has 3 heteroatoms. The Bertz CT molecular complexity index is 542. The number of nitrogens with one attached hydrogen (secondary N) is 1. The standard InChI is InChI=1S/C17H20ClNO/c1-3-19-17(12-20-15-7-5-4-6-8-15)14-10-9-13(2)16(18)11-14/h4-11,17,19H,3,12H2,1-2H3. The van der Waals surface area contributed by atoms with Crippen molar-refractivity contribution in [1.82, 2.24) is 5.32 Å². The molecular weight excluding hydrogens is 270 g/mol. The molecule has 0 aliphatic heterocycles. The summed E-state index contributed by atoms with van der Waals surface area (Å²) >= 11 is 6.21. The summed E-state index contributed by atoms with van der Waals surface area (Å²) in [4.78, 5) is 0. The van der Waals surface area contributed by atoms with Crippen molar-refractivity contribution < 1.29 is 4.74 Å². The number of hydrogen-bond acceptors (Lipinski definition) is 2. The molecule has 1 atom stereocenters. The monoisotopic (exact) mass is 289 g/mol. The molecule has 2 aromatic carbocycles. The minimum absolute atomic E-state index is 0.137. The molecule has 0 saturated carbocycles. The lowest BCUT2D eigenvalue weighted by Gasteiger charge is -2.19. The summed E-state index contributed by atoms with van der Waals surface area (Å²) < 4.78 is 5.84. The number of benzene rings is 2. The van der Waals surface area contributed by atoms with E-state index in [0.717, 1.165) is 28.4 Å². The molecule has 0 spiro atoms. The zero-order valence-electron chi connectivity index (χ0n) is 11.9. The SMILES string of the molecule is CCNC(COc1ccccc1)c1ccc(C)c(Cl)c1. The number of rotatable bonds is 6. The van der Waals surface area contributed by atoms with Gasteiger partial charge in [0.25, 0.3) is 0 Å². The summed E-state index contributed by atoms with van der Waals surface area (Å²) in [6, 6.07) is 16.1. The van der Waals surface area contributed by atoms with Crippen LogP contribution in [0.4, 0.5) is 0 Å². The lowest BCUT2D eigenvalue weighted by Crippen LogP contribution is -2.26. The highest BCUT2D eigenvalue weighted by molar-refractivity contribution is 6.31. The number of hydrogen-bond donors (Lipinski definition) is 1. The van der Waals surface area contributed by atoms with Crippen molar-refractivity contribution in [2.24, 2.45) is 0 Å². The molecule has 2 aromatic rings. The Labute approximate surface area is 125 Å². The van der Waals surface area contributed by atoms with Crippen LogP contribution in [0.5, 0.6) is 5.75 Å². The predicted octanol–water partition coefficient (Wildman–Crippen LogP) is 4.38. The maximum absolute atomic E-state index is 6.21. The van der Waals surface area contributed by atoms with Gasteiger partial charge in [-0.25, -0.2) is 0 Å². The van der Waals surface area contributed by atoms with Crippen molar-refractivity contribution in [3.63, 3.8) is 0 Å². The van der Waals surface area contributed by atoms with Gasteiger partial charge in [0.05, 0.1) is 6.04 Å². The Hall–Kier alpha value is -1.51. The smallest absolute Gasteiger partial charge is 0.119 e. The normalized spacial score (nSPS) is 12.2. The second kappa shape index (κ2) is 7.32. The van der Waals surface area contributed by atoms with E-state index in [2.05, 4.69) is 18.3 Å². The number of halogens is 1. The molecule has 2 rings (SSSR count). The van der Waals surface area contributed by atoms with Gasteiger partial charge in [-0.1, -0.05) is 48.9 Å². The number of ether oxygens (including phenoxy) is 1. The summed E-state index contributed by atoms with van der Waals surface area (Å²) in [5.74, 6) is 0.883. The van der Waals surface area contributed by atoms with E-state index in [-0.39, 0.29) is 6.04 Å². The van der Waals surface area contributed by atoms with E-state index in [0.29, 0.717) is 6.61 Å². The van der Waals surface area contributed by atoms with Crippen LogP contribution in [0, 0.1) is 6.92 Å². The minimum atomic E-state index is 0.137. The van der Waals surface area contributed by atoms with Gasteiger partial charge >= 0.3 is 0 Å². The van der Waals surface area contributed by atoms with Crippen molar-refractivity contribution in [1.29, 1.82) is 0 Å². The quantitative estimate of drug-likeness (QED) is 0.852. The lowest BCUT2D eigenvalue weighted by molar-refractivity contribution is 0.268. The Balaban J connectivity index is 2.08. The van der Waals surface area contributed by atoms with Gasteiger partial charge in [-0.05, 0) is 42.8 Å². The van der Waals surface area contributed by atoms with Gasteiger partial charge in [0.2, 0.25) is 0 Å². The molecule has 2 nitrogen and oxygen atoms in total. The Kier molecular flexibility index (Phi) is 5.45. The van der Waals surface area contributed by atoms with Gasteiger partial charge < -0.3 is 10.1 Å². The molecule has 0 fully saturated rings. The number of aryl methyl sites for hydroxylation is 1. The molecule has 106 valence electrons. The van der Waals surface area contributed by atoms with Crippen LogP contribution in [-0.2, 0) is 0 Å². The summed E-state index contributed by atoms with van der Waals surface area (Å²) in [5, 5.41) is 4.23. The first kappa shape index (κ1) is 14.9. The van der Waals surface area contributed by atoms with Crippen LogP contribution in [0.15, 0.2) is 48.5 Å². The Morgan fingerprint density at radius 1 is 1.15 bits per heavy atom. The third-order valence-corrected chi connectivity index (χ3v) is 3.62. The predicted molar refractivity (Wildman–Crippen MR) is 84.5 cm³/mol. The molecule has 0 aliphatic carbocycles. The van der Waals surface area contributed by atoms with E-state index >= 15 is 0 Å². The Morgan fingerprint density at radius 3 is 2.55 bits per heavy atom. The third-order valence-electron chi connectivity index (χ3n) is 3.21. The van der Waals surface area contributed by atoms with Gasteiger partial charge in [-0.2, -0.15) is 0 Å². The second-order valence-electron chi connectivity index (χ2n) is 4.74. The molecule has 0 aromatic heterocycles. The zero-order chi connectivity index (χ0) is 14.4. The molecule has 0 aliphatic rings. The van der Waals surface area contributed by atoms with Crippen LogP contribution in [0.25, 0.3) is 0 Å². The summed E-state index contributed by atoms with van der Waals surface area (Å²) in [6.45, 7) is 5.56. The van der Waals surface area contributed by atoms with Gasteiger partial charge in [0, 0.05) is 5.02 Å². The van der Waals surface area contributed by atoms with E-state index in [1.165, 1.54) is 0 Å². The highest BCUT2D eigenvalue weighted by atomic mass is 35.5. The molecule has 0 amide bonds. The molecular formula is C17H20ClNO. The Morgan fingerprint density at radius 2 is 1.90 bits per heavy atom. The van der Waals surface area contributed by atoms with E-state index in [4.69, 9.17) is 16.3 Å². The zero-order valence-corrected chi connectivity index (χ0v) is 12.7.